The fourth-order valence-electron chi connectivity index (χ4n) is 3.28. The Morgan fingerprint density at radius 1 is 1.41 bits per heavy atom. The molecule has 2 aliphatic rings. The van der Waals surface area contributed by atoms with Gasteiger partial charge in [0.1, 0.15) is 0 Å². The quantitative estimate of drug-likeness (QED) is 0.831. The average Bonchev–Trinajstić information content (AvgIpc) is 2.93. The van der Waals surface area contributed by atoms with E-state index in [0.29, 0.717) is 6.04 Å². The second-order valence-corrected chi connectivity index (χ2v) is 5.40. The lowest BCUT2D eigenvalue weighted by molar-refractivity contribution is 0.180. The fraction of sp³-hybridized carbons (Fsp3) is 0.769. The topological polar surface area (TPSA) is 44.0 Å². The first-order valence-electron chi connectivity index (χ1n) is 6.81. The van der Waals surface area contributed by atoms with Crippen molar-refractivity contribution in [1.29, 1.82) is 0 Å². The van der Waals surface area contributed by atoms with Crippen LogP contribution in [0.3, 0.4) is 0 Å². The molecule has 0 bridgehead atoms. The maximum Gasteiger partial charge on any atom is 0.0535 e. The number of fused-ring (bicyclic) bond motifs is 1. The Balaban J connectivity index is 1.57. The average molecular weight is 234 g/mol. The smallest absolute Gasteiger partial charge is 0.0535 e. The zero-order valence-corrected chi connectivity index (χ0v) is 10.6. The highest BCUT2D eigenvalue weighted by Crippen LogP contribution is 2.27. The van der Waals surface area contributed by atoms with Crippen LogP contribution < -0.4 is 5.32 Å². The minimum atomic E-state index is 0.685. The van der Waals surface area contributed by atoms with E-state index >= 15 is 0 Å². The summed E-state index contributed by atoms with van der Waals surface area (Å²) in [6.07, 6.45) is 7.42. The Labute approximate surface area is 103 Å². The van der Waals surface area contributed by atoms with Crippen molar-refractivity contribution in [1.82, 2.24) is 20.4 Å². The highest BCUT2D eigenvalue weighted by atomic mass is 15.2. The zero-order valence-electron chi connectivity index (χ0n) is 10.6. The Bertz CT molecular complexity index is 373. The Morgan fingerprint density at radius 3 is 3.18 bits per heavy atom. The molecule has 3 rings (SSSR count). The molecule has 1 aromatic rings. The van der Waals surface area contributed by atoms with Crippen LogP contribution in [0.2, 0.25) is 0 Å². The summed E-state index contributed by atoms with van der Waals surface area (Å²) in [4.78, 5) is 2.67. The van der Waals surface area contributed by atoms with Crippen molar-refractivity contribution in [3.63, 3.8) is 0 Å². The van der Waals surface area contributed by atoms with Gasteiger partial charge in [0, 0.05) is 36.4 Å². The van der Waals surface area contributed by atoms with Crippen molar-refractivity contribution in [3.8, 4) is 0 Å². The number of aryl methyl sites for hydroxylation is 1. The van der Waals surface area contributed by atoms with Crippen LogP contribution in [-0.4, -0.2) is 40.3 Å². The van der Waals surface area contributed by atoms with Crippen molar-refractivity contribution in [2.24, 2.45) is 0 Å². The third kappa shape index (κ3) is 2.24. The van der Waals surface area contributed by atoms with E-state index in [1.807, 2.05) is 6.20 Å². The van der Waals surface area contributed by atoms with Gasteiger partial charge in [-0.2, -0.15) is 5.10 Å². The van der Waals surface area contributed by atoms with Crippen molar-refractivity contribution in [3.05, 3.63) is 17.5 Å². The number of aromatic nitrogens is 2. The highest BCUT2D eigenvalue weighted by molar-refractivity contribution is 5.14. The minimum absolute atomic E-state index is 0.685. The maximum absolute atomic E-state index is 4.07. The molecule has 0 saturated carbocycles. The molecular formula is C13H22N4. The molecule has 3 heterocycles. The molecule has 0 aliphatic carbocycles. The first-order chi connectivity index (χ1) is 8.34. The van der Waals surface area contributed by atoms with Gasteiger partial charge in [-0.1, -0.05) is 6.42 Å². The summed E-state index contributed by atoms with van der Waals surface area (Å²) >= 11 is 0. The van der Waals surface area contributed by atoms with Gasteiger partial charge in [0.2, 0.25) is 0 Å². The number of H-pyrrole nitrogens is 1. The van der Waals surface area contributed by atoms with Gasteiger partial charge in [-0.15, -0.1) is 0 Å². The van der Waals surface area contributed by atoms with E-state index in [1.165, 1.54) is 50.0 Å². The zero-order chi connectivity index (χ0) is 11.7. The molecule has 2 fully saturated rings. The van der Waals surface area contributed by atoms with E-state index in [0.717, 1.165) is 12.6 Å². The van der Waals surface area contributed by atoms with Crippen LogP contribution in [0.4, 0.5) is 0 Å². The molecular weight excluding hydrogens is 212 g/mol. The van der Waals surface area contributed by atoms with Gasteiger partial charge in [-0.05, 0) is 32.7 Å². The number of aromatic amines is 1. The van der Waals surface area contributed by atoms with E-state index in [-0.39, 0.29) is 0 Å². The van der Waals surface area contributed by atoms with Gasteiger partial charge in [0.05, 0.1) is 6.20 Å². The van der Waals surface area contributed by atoms with Crippen LogP contribution in [0.1, 0.15) is 36.9 Å². The number of piperidine rings is 1. The molecule has 1 aromatic heterocycles. The number of nitrogens with zero attached hydrogens (tertiary/aromatic N) is 2. The van der Waals surface area contributed by atoms with E-state index in [1.54, 1.807) is 0 Å². The van der Waals surface area contributed by atoms with Gasteiger partial charge >= 0.3 is 0 Å². The van der Waals surface area contributed by atoms with Crippen LogP contribution >= 0.6 is 0 Å². The lowest BCUT2D eigenvalue weighted by atomic mass is 9.99. The first-order valence-corrected chi connectivity index (χ1v) is 6.81. The summed E-state index contributed by atoms with van der Waals surface area (Å²) in [6, 6.07) is 1.47. The third-order valence-electron chi connectivity index (χ3n) is 4.35. The van der Waals surface area contributed by atoms with Gasteiger partial charge in [0.15, 0.2) is 0 Å². The molecule has 2 N–H and O–H groups in total. The first kappa shape index (κ1) is 11.2. The van der Waals surface area contributed by atoms with Crippen molar-refractivity contribution >= 4 is 0 Å². The number of hydrogen-bond donors (Lipinski definition) is 2. The number of rotatable bonds is 3. The molecule has 2 aliphatic heterocycles. The van der Waals surface area contributed by atoms with Crippen LogP contribution in [-0.2, 0) is 6.54 Å². The molecule has 2 saturated heterocycles. The molecule has 0 unspecified atom stereocenters. The molecule has 0 amide bonds. The van der Waals surface area contributed by atoms with E-state index in [4.69, 9.17) is 0 Å². The van der Waals surface area contributed by atoms with Crippen molar-refractivity contribution < 1.29 is 0 Å². The van der Waals surface area contributed by atoms with Gasteiger partial charge in [0.25, 0.3) is 0 Å². The van der Waals surface area contributed by atoms with E-state index in [9.17, 15) is 0 Å². The SMILES string of the molecule is Cc1[nH]ncc1CN[C@@H]1CCN2CCCC[C@@H]12. The van der Waals surface area contributed by atoms with Crippen LogP contribution in [0, 0.1) is 6.92 Å². The lowest BCUT2D eigenvalue weighted by Gasteiger charge is -2.32. The second-order valence-electron chi connectivity index (χ2n) is 5.40. The van der Waals surface area contributed by atoms with Crippen LogP contribution in [0.15, 0.2) is 6.20 Å². The lowest BCUT2D eigenvalue weighted by Crippen LogP contribution is -2.44. The van der Waals surface area contributed by atoms with Crippen LogP contribution in [0.25, 0.3) is 0 Å². The maximum atomic E-state index is 4.07. The summed E-state index contributed by atoms with van der Waals surface area (Å²) < 4.78 is 0. The normalized spacial score (nSPS) is 29.5. The summed E-state index contributed by atoms with van der Waals surface area (Å²) in [5, 5.41) is 10.8. The molecule has 4 nitrogen and oxygen atoms in total. The molecule has 0 aromatic carbocycles. The highest BCUT2D eigenvalue weighted by Gasteiger charge is 2.34. The molecule has 0 spiro atoms. The fourth-order valence-corrected chi connectivity index (χ4v) is 3.28. The summed E-state index contributed by atoms with van der Waals surface area (Å²) in [5.41, 5.74) is 2.50. The van der Waals surface area contributed by atoms with Gasteiger partial charge in [-0.3, -0.25) is 10.00 Å². The summed E-state index contributed by atoms with van der Waals surface area (Å²) in [7, 11) is 0. The Hall–Kier alpha value is -0.870. The second kappa shape index (κ2) is 4.78. The van der Waals surface area contributed by atoms with Gasteiger partial charge < -0.3 is 5.32 Å². The molecule has 4 heteroatoms. The van der Waals surface area contributed by atoms with E-state index < -0.39 is 0 Å². The molecule has 17 heavy (non-hydrogen) atoms. The van der Waals surface area contributed by atoms with Crippen molar-refractivity contribution in [2.75, 3.05) is 13.1 Å². The number of hydrogen-bond acceptors (Lipinski definition) is 3. The standard InChI is InChI=1S/C13H22N4/c1-10-11(9-15-16-10)8-14-12-5-7-17-6-3-2-4-13(12)17/h9,12-14H,2-8H2,1H3,(H,15,16)/t12-,13+/m1/s1. The van der Waals surface area contributed by atoms with Crippen molar-refractivity contribution in [2.45, 2.75) is 51.2 Å². The van der Waals surface area contributed by atoms with E-state index in [2.05, 4.69) is 27.3 Å². The van der Waals surface area contributed by atoms with Crippen LogP contribution in [0.5, 0.6) is 0 Å². The number of nitrogens with one attached hydrogen (secondary N) is 2. The molecule has 2 atom stereocenters. The predicted molar refractivity (Wildman–Crippen MR) is 67.8 cm³/mol. The Morgan fingerprint density at radius 2 is 2.35 bits per heavy atom. The predicted octanol–water partition coefficient (Wildman–Crippen LogP) is 1.43. The van der Waals surface area contributed by atoms with Gasteiger partial charge in [-0.25, -0.2) is 0 Å². The summed E-state index contributed by atoms with van der Waals surface area (Å²) in [5.74, 6) is 0. The Kier molecular flexibility index (Phi) is 3.16. The third-order valence-corrected chi connectivity index (χ3v) is 4.35. The molecule has 94 valence electrons. The monoisotopic (exact) mass is 234 g/mol. The largest absolute Gasteiger partial charge is 0.308 e. The molecule has 0 radical (unpaired) electrons. The minimum Gasteiger partial charge on any atom is -0.308 e. The summed E-state index contributed by atoms with van der Waals surface area (Å²) in [6.45, 7) is 5.64.